The van der Waals surface area contributed by atoms with Gasteiger partial charge in [0, 0.05) is 26.2 Å². The van der Waals surface area contributed by atoms with E-state index in [0.29, 0.717) is 43.3 Å². The van der Waals surface area contributed by atoms with Gasteiger partial charge in [-0.05, 0) is 36.8 Å². The molecule has 0 saturated carbocycles. The number of hydrogen-bond donors (Lipinski definition) is 2. The van der Waals surface area contributed by atoms with Crippen LogP contribution in [0.1, 0.15) is 28.4 Å². The average molecular weight is 635 g/mol. The molecule has 2 N–H and O–H groups in total. The molecule has 1 saturated heterocycles. The molecule has 1 aliphatic rings. The molecule has 5 rings (SSSR count). The van der Waals surface area contributed by atoms with E-state index in [1.54, 1.807) is 35.8 Å². The van der Waals surface area contributed by atoms with Gasteiger partial charge in [-0.2, -0.15) is 33.9 Å². The van der Waals surface area contributed by atoms with Crippen LogP contribution in [-0.2, 0) is 22.7 Å². The number of aromatic nitrogens is 4. The van der Waals surface area contributed by atoms with Crippen LogP contribution in [0.25, 0.3) is 11.2 Å². The third kappa shape index (κ3) is 6.77. The van der Waals surface area contributed by atoms with Gasteiger partial charge < -0.3 is 19.8 Å². The number of hydroxylamine groups is 1. The Morgan fingerprint density at radius 3 is 2.57 bits per heavy atom. The zero-order chi connectivity index (χ0) is 32.8. The minimum absolute atomic E-state index is 0.0366. The van der Waals surface area contributed by atoms with Gasteiger partial charge in [-0.3, -0.25) is 18.7 Å². The SMILES string of the molecule is CC#CCn1c(N2CCNCC2)nc2nc(Oc3ccccc3C(=O)NOC(=O)C(F)(F)F)n(Cc3cccc(C#N)c3)c(=O)c21. The summed E-state index contributed by atoms with van der Waals surface area (Å²) in [7, 11) is 0. The number of carbonyl (C=O) groups is 2. The van der Waals surface area contributed by atoms with Crippen molar-refractivity contribution < 1.29 is 32.3 Å². The number of piperazine rings is 1. The summed E-state index contributed by atoms with van der Waals surface area (Å²) < 4.78 is 46.6. The number of nitrogens with one attached hydrogen (secondary N) is 2. The molecular weight excluding hydrogens is 609 g/mol. The van der Waals surface area contributed by atoms with E-state index in [2.05, 4.69) is 32.0 Å². The molecule has 13 nitrogen and oxygen atoms in total. The molecule has 0 radical (unpaired) electrons. The number of halogens is 3. The number of ether oxygens (including phenoxy) is 1. The van der Waals surface area contributed by atoms with E-state index in [1.807, 2.05) is 11.0 Å². The maximum absolute atomic E-state index is 14.3. The Balaban J connectivity index is 1.63. The number of anilines is 1. The van der Waals surface area contributed by atoms with Gasteiger partial charge in [-0.25, -0.2) is 4.79 Å². The Kier molecular flexibility index (Phi) is 9.20. The van der Waals surface area contributed by atoms with Crippen molar-refractivity contribution in [1.29, 1.82) is 5.26 Å². The zero-order valence-corrected chi connectivity index (χ0v) is 24.2. The van der Waals surface area contributed by atoms with E-state index in [1.165, 1.54) is 34.3 Å². The highest BCUT2D eigenvalue weighted by Crippen LogP contribution is 2.27. The number of para-hydroxylation sites is 1. The highest BCUT2D eigenvalue weighted by Gasteiger charge is 2.42. The normalized spacial score (nSPS) is 13.0. The molecule has 1 aliphatic heterocycles. The number of nitriles is 1. The van der Waals surface area contributed by atoms with Crippen molar-refractivity contribution in [2.24, 2.45) is 0 Å². The predicted molar refractivity (Wildman–Crippen MR) is 157 cm³/mol. The zero-order valence-electron chi connectivity index (χ0n) is 24.2. The minimum Gasteiger partial charge on any atom is -0.425 e. The first-order chi connectivity index (χ1) is 22.1. The maximum Gasteiger partial charge on any atom is 0.493 e. The number of alkyl halides is 3. The molecule has 236 valence electrons. The van der Waals surface area contributed by atoms with Crippen molar-refractivity contribution in [3.63, 3.8) is 0 Å². The summed E-state index contributed by atoms with van der Waals surface area (Å²) in [6, 6.07) is 13.7. The molecule has 2 aromatic heterocycles. The molecule has 4 aromatic rings. The molecular formula is C30H25F3N8O5. The highest BCUT2D eigenvalue weighted by atomic mass is 19.4. The third-order valence-electron chi connectivity index (χ3n) is 6.82. The van der Waals surface area contributed by atoms with Crippen LogP contribution in [0.4, 0.5) is 19.1 Å². The van der Waals surface area contributed by atoms with E-state index in [4.69, 9.17) is 4.74 Å². The molecule has 1 amide bonds. The van der Waals surface area contributed by atoms with Crippen LogP contribution in [-0.4, -0.2) is 63.3 Å². The molecule has 16 heteroatoms. The Labute approximate surface area is 259 Å². The fourth-order valence-corrected chi connectivity index (χ4v) is 4.68. The lowest BCUT2D eigenvalue weighted by Gasteiger charge is -2.28. The average Bonchev–Trinajstić information content (AvgIpc) is 3.42. The van der Waals surface area contributed by atoms with Gasteiger partial charge in [0.15, 0.2) is 11.2 Å². The van der Waals surface area contributed by atoms with Crippen LogP contribution < -0.4 is 26.0 Å². The number of fused-ring (bicyclic) bond motifs is 1. The number of imidazole rings is 1. The molecule has 1 fully saturated rings. The molecule has 0 aliphatic carbocycles. The number of rotatable bonds is 7. The Hall–Kier alpha value is -5.87. The minimum atomic E-state index is -5.34. The lowest BCUT2D eigenvalue weighted by atomic mass is 10.1. The van der Waals surface area contributed by atoms with E-state index < -0.39 is 23.6 Å². The van der Waals surface area contributed by atoms with Gasteiger partial charge in [-0.15, -0.1) is 5.92 Å². The number of carbonyl (C=O) groups excluding carboxylic acids is 2. The number of amides is 1. The second kappa shape index (κ2) is 13.4. The molecule has 46 heavy (non-hydrogen) atoms. The number of benzene rings is 2. The van der Waals surface area contributed by atoms with Crippen LogP contribution >= 0.6 is 0 Å². The summed E-state index contributed by atoms with van der Waals surface area (Å²) in [6.07, 6.45) is -5.34. The quantitative estimate of drug-likeness (QED) is 0.229. The van der Waals surface area contributed by atoms with E-state index in [0.717, 1.165) is 0 Å². The van der Waals surface area contributed by atoms with Crippen LogP contribution in [0.2, 0.25) is 0 Å². The van der Waals surface area contributed by atoms with E-state index in [9.17, 15) is 32.8 Å². The van der Waals surface area contributed by atoms with E-state index >= 15 is 0 Å². The van der Waals surface area contributed by atoms with Crippen molar-refractivity contribution in [1.82, 2.24) is 29.9 Å². The molecule has 0 bridgehead atoms. The Morgan fingerprint density at radius 1 is 1.09 bits per heavy atom. The van der Waals surface area contributed by atoms with Crippen LogP contribution in [0.15, 0.2) is 53.3 Å². The van der Waals surface area contributed by atoms with Gasteiger partial charge in [0.25, 0.3) is 11.5 Å². The highest BCUT2D eigenvalue weighted by molar-refractivity contribution is 5.97. The van der Waals surface area contributed by atoms with Crippen molar-refractivity contribution in [3.8, 4) is 29.7 Å². The smallest absolute Gasteiger partial charge is 0.425 e. The number of hydrogen-bond acceptors (Lipinski definition) is 10. The van der Waals surface area contributed by atoms with Crippen LogP contribution in [0, 0.1) is 23.2 Å². The lowest BCUT2D eigenvalue weighted by molar-refractivity contribution is -0.204. The summed E-state index contributed by atoms with van der Waals surface area (Å²) in [5.41, 5.74) is 1.66. The summed E-state index contributed by atoms with van der Waals surface area (Å²) in [5.74, 6) is 2.21. The predicted octanol–water partition coefficient (Wildman–Crippen LogP) is 2.49. The molecule has 3 heterocycles. The van der Waals surface area contributed by atoms with Crippen molar-refractivity contribution in [2.75, 3.05) is 31.1 Å². The van der Waals surface area contributed by atoms with Gasteiger partial charge in [0.2, 0.25) is 5.95 Å². The van der Waals surface area contributed by atoms with Gasteiger partial charge in [0.1, 0.15) is 5.75 Å². The summed E-state index contributed by atoms with van der Waals surface area (Å²) in [4.78, 5) is 53.2. The molecule has 2 aromatic carbocycles. The fraction of sp³-hybridized carbons (Fsp3) is 0.267. The topological polar surface area (TPSA) is 156 Å². The molecule has 0 unspecified atom stereocenters. The number of nitrogens with zero attached hydrogens (tertiary/aromatic N) is 6. The summed E-state index contributed by atoms with van der Waals surface area (Å²) in [5, 5.41) is 12.7. The Bertz CT molecular complexity index is 1960. The van der Waals surface area contributed by atoms with Gasteiger partial charge >= 0.3 is 18.2 Å². The van der Waals surface area contributed by atoms with Crippen molar-refractivity contribution in [3.05, 3.63) is 75.6 Å². The van der Waals surface area contributed by atoms with Crippen molar-refractivity contribution in [2.45, 2.75) is 26.2 Å². The summed E-state index contributed by atoms with van der Waals surface area (Å²) >= 11 is 0. The van der Waals surface area contributed by atoms with Crippen LogP contribution in [0.3, 0.4) is 0 Å². The first kappa shape index (κ1) is 31.6. The van der Waals surface area contributed by atoms with E-state index in [-0.39, 0.29) is 41.6 Å². The molecule has 0 spiro atoms. The van der Waals surface area contributed by atoms with Crippen molar-refractivity contribution >= 4 is 29.0 Å². The largest absolute Gasteiger partial charge is 0.493 e. The Morgan fingerprint density at radius 2 is 1.85 bits per heavy atom. The maximum atomic E-state index is 14.3. The standard InChI is InChI=1S/C30H25F3N8O5/c1-2-3-13-40-23-24(36-28(40)39-14-11-35-12-15-39)37-29(41(26(23)43)18-20-8-6-7-19(16-20)17-34)45-22-10-5-4-9-21(22)25(42)38-46-27(44)30(31,32)33/h4-10,16,35H,11-15,18H2,1H3,(H,38,42). The van der Waals surface area contributed by atoms with Gasteiger partial charge in [0.05, 0.1) is 30.3 Å². The first-order valence-corrected chi connectivity index (χ1v) is 13.8. The third-order valence-corrected chi connectivity index (χ3v) is 6.82. The fourth-order valence-electron chi connectivity index (χ4n) is 4.68. The van der Waals surface area contributed by atoms with Crippen LogP contribution in [0.5, 0.6) is 11.8 Å². The summed E-state index contributed by atoms with van der Waals surface area (Å²) in [6.45, 7) is 4.32. The molecule has 0 atom stereocenters. The first-order valence-electron chi connectivity index (χ1n) is 13.8. The lowest BCUT2D eigenvalue weighted by Crippen LogP contribution is -2.44. The van der Waals surface area contributed by atoms with Gasteiger partial charge in [-0.1, -0.05) is 30.2 Å². The second-order valence-electron chi connectivity index (χ2n) is 9.85. The second-order valence-corrected chi connectivity index (χ2v) is 9.85. The monoisotopic (exact) mass is 634 g/mol.